The van der Waals surface area contributed by atoms with Crippen LogP contribution in [-0.4, -0.2) is 39.5 Å². The van der Waals surface area contributed by atoms with Crippen LogP contribution in [-0.2, 0) is 24.4 Å². The number of aromatic nitrogens is 2. The maximum atomic E-state index is 10.1. The van der Waals surface area contributed by atoms with Gasteiger partial charge in [0.25, 0.3) is 0 Å². The molecule has 6 rings (SSSR count). The van der Waals surface area contributed by atoms with Crippen LogP contribution in [0.2, 0.25) is 0 Å². The molecule has 1 aliphatic heterocycles. The average Bonchev–Trinajstić information content (AvgIpc) is 3.32. The molecule has 0 saturated carbocycles. The summed E-state index contributed by atoms with van der Waals surface area (Å²) in [6, 6.07) is 29.6. The molecule has 0 fully saturated rings. The fourth-order valence-corrected chi connectivity index (χ4v) is 4.93. The van der Waals surface area contributed by atoms with Crippen LogP contribution in [0.15, 0.2) is 91.0 Å². The third-order valence-corrected chi connectivity index (χ3v) is 6.87. The third-order valence-electron chi connectivity index (χ3n) is 6.87. The second-order valence-electron chi connectivity index (χ2n) is 9.53. The number of hydrogen-bond donors (Lipinski definition) is 2. The van der Waals surface area contributed by atoms with Crippen LogP contribution in [0.25, 0.3) is 22.2 Å². The number of rotatable bonds is 10. The van der Waals surface area contributed by atoms with Gasteiger partial charge in [0.2, 0.25) is 0 Å². The monoisotopic (exact) mass is 506 g/mol. The van der Waals surface area contributed by atoms with Crippen molar-refractivity contribution in [2.24, 2.45) is 0 Å². The maximum Gasteiger partial charge on any atom is 0.161 e. The Labute approximate surface area is 221 Å². The molecule has 4 aromatic carbocycles. The molecule has 7 nitrogen and oxygen atoms in total. The molecule has 1 aliphatic rings. The lowest BCUT2D eigenvalue weighted by Gasteiger charge is -2.22. The molecule has 192 valence electrons. The molecule has 5 aromatic rings. The largest absolute Gasteiger partial charge is 0.508 e. The Morgan fingerprint density at radius 2 is 1.66 bits per heavy atom. The molecule has 0 saturated heterocycles. The first-order chi connectivity index (χ1) is 18.7. The predicted octanol–water partition coefficient (Wildman–Crippen LogP) is 5.82. The number of nitrogens with two attached hydrogens (primary N) is 1. The first-order valence-corrected chi connectivity index (χ1v) is 12.8. The number of anilines is 1. The molecule has 0 amide bonds. The molecule has 1 aromatic heterocycles. The lowest BCUT2D eigenvalue weighted by Crippen LogP contribution is -2.30. The summed E-state index contributed by atoms with van der Waals surface area (Å²) in [5.41, 5.74) is 11.8. The summed E-state index contributed by atoms with van der Waals surface area (Å²) in [5.74, 6) is 1.44. The summed E-state index contributed by atoms with van der Waals surface area (Å²) in [7, 11) is 0. The minimum Gasteiger partial charge on any atom is -0.508 e. The van der Waals surface area contributed by atoms with Crippen LogP contribution in [0.5, 0.6) is 17.2 Å². The van der Waals surface area contributed by atoms with E-state index in [0.29, 0.717) is 36.9 Å². The van der Waals surface area contributed by atoms with E-state index >= 15 is 0 Å². The van der Waals surface area contributed by atoms with Crippen LogP contribution in [0.3, 0.4) is 0 Å². The minimum absolute atomic E-state index is 0.173. The van der Waals surface area contributed by atoms with Crippen molar-refractivity contribution in [1.82, 2.24) is 14.7 Å². The number of phenolic OH excluding ortho intramolecular Hbond substituents is 1. The molecule has 38 heavy (non-hydrogen) atoms. The quantitative estimate of drug-likeness (QED) is 0.180. The standard InChI is InChI=1S/C31H30N4O3/c32-26-12-13-27-29-30(25-19-24(36)11-14-28(25)38-31(26)29)33-35(27)16-15-34(20-22-7-3-1-4-8-22)17-18-37-21-23-9-5-2-6-10-23/h1-14,19,36H,15-18,20-21,32H2. The molecule has 7 heteroatoms. The average molecular weight is 507 g/mol. The van der Waals surface area contributed by atoms with Crippen molar-refractivity contribution < 1.29 is 14.6 Å². The summed E-state index contributed by atoms with van der Waals surface area (Å²) >= 11 is 0. The summed E-state index contributed by atoms with van der Waals surface area (Å²) in [6.45, 7) is 4.32. The molecule has 0 atom stereocenters. The van der Waals surface area contributed by atoms with E-state index in [1.54, 1.807) is 18.2 Å². The van der Waals surface area contributed by atoms with E-state index in [0.717, 1.165) is 41.8 Å². The second-order valence-corrected chi connectivity index (χ2v) is 9.53. The van der Waals surface area contributed by atoms with Gasteiger partial charge in [-0.2, -0.15) is 5.10 Å². The van der Waals surface area contributed by atoms with E-state index in [2.05, 4.69) is 41.3 Å². The van der Waals surface area contributed by atoms with Crippen molar-refractivity contribution in [2.75, 3.05) is 25.4 Å². The predicted molar refractivity (Wildman–Crippen MR) is 149 cm³/mol. The fourth-order valence-electron chi connectivity index (χ4n) is 4.93. The topological polar surface area (TPSA) is 85.8 Å². The van der Waals surface area contributed by atoms with E-state index in [4.69, 9.17) is 20.3 Å². The van der Waals surface area contributed by atoms with Gasteiger partial charge in [0.05, 0.1) is 36.3 Å². The summed E-state index contributed by atoms with van der Waals surface area (Å²) in [5, 5.41) is 16.0. The van der Waals surface area contributed by atoms with Gasteiger partial charge in [-0.05, 0) is 41.5 Å². The Kier molecular flexibility index (Phi) is 6.69. The van der Waals surface area contributed by atoms with E-state index in [9.17, 15) is 5.11 Å². The van der Waals surface area contributed by atoms with Crippen molar-refractivity contribution >= 4 is 16.6 Å². The van der Waals surface area contributed by atoms with Crippen molar-refractivity contribution in [1.29, 1.82) is 0 Å². The number of fused-ring (bicyclic) bond motifs is 2. The number of nitrogens with zero attached hydrogens (tertiary/aromatic N) is 3. The third kappa shape index (κ3) is 4.94. The van der Waals surface area contributed by atoms with Gasteiger partial charge in [-0.1, -0.05) is 60.7 Å². The highest BCUT2D eigenvalue weighted by Gasteiger charge is 2.27. The van der Waals surface area contributed by atoms with Crippen molar-refractivity contribution in [3.63, 3.8) is 0 Å². The van der Waals surface area contributed by atoms with Gasteiger partial charge >= 0.3 is 0 Å². The van der Waals surface area contributed by atoms with Crippen molar-refractivity contribution in [3.8, 4) is 28.5 Å². The van der Waals surface area contributed by atoms with Crippen LogP contribution < -0.4 is 10.5 Å². The lowest BCUT2D eigenvalue weighted by atomic mass is 10.0. The Balaban J connectivity index is 1.22. The van der Waals surface area contributed by atoms with Crippen LogP contribution >= 0.6 is 0 Å². The first kappa shape index (κ1) is 24.0. The van der Waals surface area contributed by atoms with Crippen LogP contribution in [0.4, 0.5) is 5.69 Å². The molecule has 3 N–H and O–H groups in total. The number of benzene rings is 4. The highest BCUT2D eigenvalue weighted by Crippen LogP contribution is 2.49. The fraction of sp³-hybridized carbons (Fsp3) is 0.194. The molecule has 0 unspecified atom stereocenters. The smallest absolute Gasteiger partial charge is 0.161 e. The zero-order valence-electron chi connectivity index (χ0n) is 21.1. The lowest BCUT2D eigenvalue weighted by molar-refractivity contribution is 0.0888. The normalized spacial score (nSPS) is 12.0. The van der Waals surface area contributed by atoms with E-state index < -0.39 is 0 Å². The Morgan fingerprint density at radius 3 is 2.45 bits per heavy atom. The maximum absolute atomic E-state index is 10.1. The zero-order valence-corrected chi connectivity index (χ0v) is 21.1. The Bertz CT molecular complexity index is 1550. The van der Waals surface area contributed by atoms with Gasteiger partial charge in [-0.25, -0.2) is 0 Å². The molecule has 0 bridgehead atoms. The number of nitrogen functional groups attached to an aromatic ring is 1. The van der Waals surface area contributed by atoms with E-state index in [1.165, 1.54) is 11.1 Å². The van der Waals surface area contributed by atoms with Crippen molar-refractivity contribution in [2.45, 2.75) is 19.7 Å². The number of aromatic hydroxyl groups is 1. The minimum atomic E-state index is 0.173. The van der Waals surface area contributed by atoms with Gasteiger partial charge < -0.3 is 20.3 Å². The Hall–Kier alpha value is -4.33. The molecular weight excluding hydrogens is 476 g/mol. The summed E-state index contributed by atoms with van der Waals surface area (Å²) < 4.78 is 14.2. The summed E-state index contributed by atoms with van der Waals surface area (Å²) in [4.78, 5) is 2.39. The molecule has 0 aliphatic carbocycles. The molecule has 0 radical (unpaired) electrons. The molecule has 2 heterocycles. The molecule has 0 spiro atoms. The first-order valence-electron chi connectivity index (χ1n) is 12.8. The van der Waals surface area contributed by atoms with Crippen LogP contribution in [0, 0.1) is 0 Å². The van der Waals surface area contributed by atoms with Crippen molar-refractivity contribution in [3.05, 3.63) is 102 Å². The second kappa shape index (κ2) is 10.6. The van der Waals surface area contributed by atoms with E-state index in [-0.39, 0.29) is 5.75 Å². The van der Waals surface area contributed by atoms with Gasteiger partial charge in [0, 0.05) is 25.2 Å². The number of ether oxygens (including phenoxy) is 2. The van der Waals surface area contributed by atoms with Gasteiger partial charge in [0.1, 0.15) is 17.2 Å². The van der Waals surface area contributed by atoms with Crippen LogP contribution in [0.1, 0.15) is 11.1 Å². The summed E-state index contributed by atoms with van der Waals surface area (Å²) in [6.07, 6.45) is 0. The van der Waals surface area contributed by atoms with Gasteiger partial charge in [0.15, 0.2) is 5.75 Å². The number of hydrogen-bond acceptors (Lipinski definition) is 6. The highest BCUT2D eigenvalue weighted by atomic mass is 16.5. The highest BCUT2D eigenvalue weighted by molar-refractivity contribution is 6.04. The SMILES string of the molecule is Nc1ccc2c3c(nn2CCN(CCOCc2ccccc2)Cc2ccccc2)-c2cc(O)ccc2Oc13. The van der Waals surface area contributed by atoms with Gasteiger partial charge in [-0.3, -0.25) is 9.58 Å². The number of phenols is 1. The molecular formula is C31H30N4O3. The van der Waals surface area contributed by atoms with E-state index in [1.807, 2.05) is 41.1 Å². The zero-order chi connectivity index (χ0) is 25.9. The van der Waals surface area contributed by atoms with Gasteiger partial charge in [-0.15, -0.1) is 0 Å². The Morgan fingerprint density at radius 1 is 0.895 bits per heavy atom.